The number of Topliss-reactive ketones (excluding diaryl/α,β-unsaturated/α-hetero) is 1. The second-order valence-electron chi connectivity index (χ2n) is 9.47. The SMILES string of the molecule is COc1c(C(=O)NCC2CCCCN2C(=O)CO)sc2c1c(=O)n(CC(=O)c1ccccc1)c1ccccc21. The van der Waals surface area contributed by atoms with Gasteiger partial charge in [0.25, 0.3) is 11.5 Å². The van der Waals surface area contributed by atoms with E-state index in [-0.39, 0.29) is 46.8 Å². The van der Waals surface area contributed by atoms with E-state index in [4.69, 9.17) is 4.74 Å². The molecule has 2 N–H and O–H groups in total. The van der Waals surface area contributed by atoms with Crippen molar-refractivity contribution in [1.82, 2.24) is 14.8 Å². The number of amides is 2. The molecule has 3 heterocycles. The Morgan fingerprint density at radius 2 is 1.82 bits per heavy atom. The molecule has 202 valence electrons. The molecule has 2 amide bonds. The normalized spacial score (nSPS) is 15.4. The number of para-hydroxylation sites is 1. The number of ether oxygens (including phenoxy) is 1. The standard InChI is InChI=1S/C29H29N3O6S/c1-38-25-24-26(39-27(25)28(36)30-15-19-11-7-8-14-31(19)23(35)17-33)20-12-5-6-13-21(20)32(29(24)37)16-22(34)18-9-3-2-4-10-18/h2-6,9-10,12-13,19,33H,7-8,11,14-17H2,1H3,(H,30,36). The van der Waals surface area contributed by atoms with Crippen LogP contribution in [0.3, 0.4) is 0 Å². The van der Waals surface area contributed by atoms with Gasteiger partial charge in [-0.05, 0) is 25.3 Å². The number of carbonyl (C=O) groups excluding carboxylic acids is 3. The van der Waals surface area contributed by atoms with Crippen molar-refractivity contribution in [2.45, 2.75) is 31.8 Å². The maximum absolute atomic E-state index is 13.8. The van der Waals surface area contributed by atoms with Gasteiger partial charge in [0.15, 0.2) is 11.5 Å². The molecule has 0 aliphatic carbocycles. The van der Waals surface area contributed by atoms with E-state index in [9.17, 15) is 24.3 Å². The van der Waals surface area contributed by atoms with Crippen LogP contribution >= 0.6 is 11.3 Å². The minimum absolute atomic E-state index is 0.157. The summed E-state index contributed by atoms with van der Waals surface area (Å²) in [7, 11) is 1.41. The first-order valence-electron chi connectivity index (χ1n) is 12.8. The van der Waals surface area contributed by atoms with Crippen molar-refractivity contribution in [3.8, 4) is 5.75 Å². The minimum atomic E-state index is -0.569. The van der Waals surface area contributed by atoms with Crippen molar-refractivity contribution in [2.24, 2.45) is 0 Å². The van der Waals surface area contributed by atoms with Crippen LogP contribution in [0, 0.1) is 0 Å². The van der Waals surface area contributed by atoms with Crippen molar-refractivity contribution >= 4 is 49.9 Å². The van der Waals surface area contributed by atoms with Gasteiger partial charge >= 0.3 is 0 Å². The topological polar surface area (TPSA) is 118 Å². The summed E-state index contributed by atoms with van der Waals surface area (Å²) in [5.41, 5.74) is 0.685. The molecule has 9 nitrogen and oxygen atoms in total. The molecule has 0 bridgehead atoms. The second-order valence-corrected chi connectivity index (χ2v) is 10.5. The fourth-order valence-electron chi connectivity index (χ4n) is 5.23. The predicted octanol–water partition coefficient (Wildman–Crippen LogP) is 3.21. The van der Waals surface area contributed by atoms with Gasteiger partial charge in [-0.2, -0.15) is 0 Å². The number of rotatable bonds is 8. The highest BCUT2D eigenvalue weighted by atomic mass is 32.1. The van der Waals surface area contributed by atoms with E-state index < -0.39 is 18.1 Å². The average molecular weight is 548 g/mol. The van der Waals surface area contributed by atoms with Crippen molar-refractivity contribution in [3.05, 3.63) is 75.4 Å². The van der Waals surface area contributed by atoms with E-state index in [1.807, 2.05) is 18.2 Å². The Bertz CT molecular complexity index is 1610. The van der Waals surface area contributed by atoms with Crippen molar-refractivity contribution in [3.63, 3.8) is 0 Å². The van der Waals surface area contributed by atoms with Crippen LogP contribution < -0.4 is 15.6 Å². The molecule has 10 heteroatoms. The molecular weight excluding hydrogens is 518 g/mol. The molecule has 1 aliphatic heterocycles. The number of hydrogen-bond donors (Lipinski definition) is 2. The molecule has 4 aromatic rings. The zero-order valence-electron chi connectivity index (χ0n) is 21.5. The number of nitrogens with one attached hydrogen (secondary N) is 1. The van der Waals surface area contributed by atoms with Crippen LogP contribution in [-0.4, -0.2) is 65.0 Å². The van der Waals surface area contributed by atoms with Gasteiger partial charge in [-0.15, -0.1) is 11.3 Å². The van der Waals surface area contributed by atoms with Gasteiger partial charge < -0.3 is 20.1 Å². The number of thiophene rings is 1. The first-order chi connectivity index (χ1) is 18.9. The van der Waals surface area contributed by atoms with Crippen LogP contribution in [0.5, 0.6) is 5.75 Å². The van der Waals surface area contributed by atoms with E-state index in [2.05, 4.69) is 5.32 Å². The number of nitrogens with zero attached hydrogens (tertiary/aromatic N) is 2. The Balaban J connectivity index is 1.52. The van der Waals surface area contributed by atoms with Gasteiger partial charge in [-0.25, -0.2) is 0 Å². The summed E-state index contributed by atoms with van der Waals surface area (Å²) >= 11 is 1.17. The van der Waals surface area contributed by atoms with Gasteiger partial charge in [-0.3, -0.25) is 23.7 Å². The number of ketones is 1. The number of pyridine rings is 1. The number of hydrogen-bond acceptors (Lipinski definition) is 7. The molecule has 0 spiro atoms. The lowest BCUT2D eigenvalue weighted by atomic mass is 10.0. The highest BCUT2D eigenvalue weighted by Crippen LogP contribution is 2.39. The Kier molecular flexibility index (Phi) is 7.76. The summed E-state index contributed by atoms with van der Waals surface area (Å²) in [5.74, 6) is -0.809. The molecule has 1 unspecified atom stereocenters. The number of benzene rings is 2. The molecule has 2 aromatic carbocycles. The number of likely N-dealkylation sites (tertiary alicyclic amines) is 1. The molecule has 5 rings (SSSR count). The number of aliphatic hydroxyl groups excluding tert-OH is 1. The van der Waals surface area contributed by atoms with Gasteiger partial charge in [0, 0.05) is 30.1 Å². The van der Waals surface area contributed by atoms with Crippen molar-refractivity contribution in [1.29, 1.82) is 0 Å². The predicted molar refractivity (Wildman–Crippen MR) is 150 cm³/mol. The smallest absolute Gasteiger partial charge is 0.265 e. The molecule has 0 saturated carbocycles. The molecule has 1 aliphatic rings. The number of piperidine rings is 1. The third kappa shape index (κ3) is 5.05. The fraction of sp³-hybridized carbons (Fsp3) is 0.310. The van der Waals surface area contributed by atoms with Crippen molar-refractivity contribution < 1.29 is 24.2 Å². The Labute approximate surface area is 228 Å². The second kappa shape index (κ2) is 11.4. The highest BCUT2D eigenvalue weighted by Gasteiger charge is 2.29. The summed E-state index contributed by atoms with van der Waals surface area (Å²) in [5, 5.41) is 13.2. The quantitative estimate of drug-likeness (QED) is 0.327. The molecule has 1 fully saturated rings. The van der Waals surface area contributed by atoms with Gasteiger partial charge in [0.05, 0.1) is 23.9 Å². The first-order valence-corrected chi connectivity index (χ1v) is 13.6. The Morgan fingerprint density at radius 3 is 2.56 bits per heavy atom. The van der Waals surface area contributed by atoms with Crippen LogP contribution in [0.2, 0.25) is 0 Å². The van der Waals surface area contributed by atoms with Crippen LogP contribution in [0.4, 0.5) is 0 Å². The van der Waals surface area contributed by atoms with E-state index in [0.29, 0.717) is 22.3 Å². The first kappa shape index (κ1) is 26.6. The van der Waals surface area contributed by atoms with Gasteiger partial charge in [-0.1, -0.05) is 48.5 Å². The summed E-state index contributed by atoms with van der Waals surface area (Å²) in [6.45, 7) is 0.0366. The third-order valence-electron chi connectivity index (χ3n) is 7.15. The molecule has 2 aromatic heterocycles. The number of aliphatic hydroxyl groups is 1. The lowest BCUT2D eigenvalue weighted by Crippen LogP contribution is -2.50. The zero-order chi connectivity index (χ0) is 27.5. The van der Waals surface area contributed by atoms with Crippen LogP contribution in [0.25, 0.3) is 21.0 Å². The van der Waals surface area contributed by atoms with Crippen LogP contribution in [0.1, 0.15) is 39.3 Å². The van der Waals surface area contributed by atoms with Gasteiger partial charge in [0.2, 0.25) is 5.91 Å². The van der Waals surface area contributed by atoms with Crippen LogP contribution in [0.15, 0.2) is 59.4 Å². The molecule has 0 radical (unpaired) electrons. The van der Waals surface area contributed by atoms with E-state index >= 15 is 0 Å². The number of fused-ring (bicyclic) bond motifs is 3. The number of aromatic nitrogens is 1. The molecule has 39 heavy (non-hydrogen) atoms. The Morgan fingerprint density at radius 1 is 1.08 bits per heavy atom. The largest absolute Gasteiger partial charge is 0.494 e. The summed E-state index contributed by atoms with van der Waals surface area (Å²) in [6.07, 6.45) is 2.50. The number of methoxy groups -OCH3 is 1. The maximum atomic E-state index is 13.8. The molecule has 1 atom stereocenters. The minimum Gasteiger partial charge on any atom is -0.494 e. The number of carbonyl (C=O) groups is 3. The lowest BCUT2D eigenvalue weighted by Gasteiger charge is -2.35. The molecular formula is C29H29N3O6S. The van der Waals surface area contributed by atoms with Crippen LogP contribution in [-0.2, 0) is 11.3 Å². The average Bonchev–Trinajstić information content (AvgIpc) is 3.38. The monoisotopic (exact) mass is 547 g/mol. The van der Waals surface area contributed by atoms with Gasteiger partial charge in [0.1, 0.15) is 16.9 Å². The van der Waals surface area contributed by atoms with E-state index in [0.717, 1.165) is 24.6 Å². The zero-order valence-corrected chi connectivity index (χ0v) is 22.3. The van der Waals surface area contributed by atoms with E-state index in [1.54, 1.807) is 41.3 Å². The van der Waals surface area contributed by atoms with Crippen molar-refractivity contribution in [2.75, 3.05) is 26.8 Å². The molecule has 1 saturated heterocycles. The summed E-state index contributed by atoms with van der Waals surface area (Å²) < 4.78 is 7.66. The maximum Gasteiger partial charge on any atom is 0.265 e. The highest BCUT2D eigenvalue weighted by molar-refractivity contribution is 7.22. The Hall–Kier alpha value is -4.02. The summed E-state index contributed by atoms with van der Waals surface area (Å²) in [6, 6.07) is 15.9. The lowest BCUT2D eigenvalue weighted by molar-refractivity contribution is -0.137. The third-order valence-corrected chi connectivity index (χ3v) is 8.35. The van der Waals surface area contributed by atoms with E-state index in [1.165, 1.54) is 23.0 Å². The fourth-order valence-corrected chi connectivity index (χ4v) is 6.44. The summed E-state index contributed by atoms with van der Waals surface area (Å²) in [4.78, 5) is 54.3.